The van der Waals surface area contributed by atoms with E-state index in [0.29, 0.717) is 0 Å². The maximum atomic E-state index is 4.26. The average molecular weight is 314 g/mol. The van der Waals surface area contributed by atoms with Gasteiger partial charge in [0.2, 0.25) is 0 Å². The molecule has 2 aromatic carbocycles. The van der Waals surface area contributed by atoms with Gasteiger partial charge in [-0.3, -0.25) is 0 Å². The molecule has 0 unspecified atom stereocenters. The quantitative estimate of drug-likeness (QED) is 0.406. The molecule has 4 nitrogen and oxygen atoms in total. The zero-order chi connectivity index (χ0) is 16.5. The summed E-state index contributed by atoms with van der Waals surface area (Å²) in [6.45, 7) is 4.10. The number of para-hydroxylation sites is 2. The Morgan fingerprint density at radius 2 is 1.08 bits per heavy atom. The minimum absolute atomic E-state index is 1.08. The Labute approximate surface area is 139 Å². The number of aromatic nitrogens is 2. The van der Waals surface area contributed by atoms with Gasteiger partial charge in [0.05, 0.1) is 12.4 Å². The Balaban J connectivity index is 1.66. The molecular weight excluding hydrogens is 296 g/mol. The molecule has 0 amide bonds. The number of aromatic amines is 2. The lowest BCUT2D eigenvalue weighted by Crippen LogP contribution is -1.84. The van der Waals surface area contributed by atoms with E-state index < -0.39 is 0 Å². The first-order chi connectivity index (χ1) is 11.7. The third-order valence-corrected chi connectivity index (χ3v) is 4.33. The van der Waals surface area contributed by atoms with E-state index in [0.717, 1.165) is 44.3 Å². The summed E-state index contributed by atoms with van der Waals surface area (Å²) in [5.74, 6) is 0. The van der Waals surface area contributed by atoms with E-state index >= 15 is 0 Å². The largest absolute Gasteiger partial charge is 0.358 e. The van der Waals surface area contributed by atoms with Gasteiger partial charge in [-0.15, -0.1) is 0 Å². The van der Waals surface area contributed by atoms with Crippen LogP contribution in [0.1, 0.15) is 22.5 Å². The van der Waals surface area contributed by atoms with E-state index in [4.69, 9.17) is 0 Å². The van der Waals surface area contributed by atoms with Crippen molar-refractivity contribution in [2.45, 2.75) is 13.8 Å². The summed E-state index contributed by atoms with van der Waals surface area (Å²) in [6, 6.07) is 16.4. The molecule has 0 saturated carbocycles. The minimum Gasteiger partial charge on any atom is -0.358 e. The highest BCUT2D eigenvalue weighted by atomic mass is 15.2. The smallest absolute Gasteiger partial charge is 0.0592 e. The van der Waals surface area contributed by atoms with Crippen LogP contribution in [0.3, 0.4) is 0 Å². The molecular formula is C20H18N4. The van der Waals surface area contributed by atoms with E-state index in [1.807, 2.05) is 36.7 Å². The summed E-state index contributed by atoms with van der Waals surface area (Å²) < 4.78 is 0. The second kappa shape index (κ2) is 5.81. The van der Waals surface area contributed by atoms with Crippen molar-refractivity contribution in [1.82, 2.24) is 9.97 Å². The molecule has 4 aromatic rings. The highest BCUT2D eigenvalue weighted by Crippen LogP contribution is 2.21. The van der Waals surface area contributed by atoms with Crippen molar-refractivity contribution in [3.8, 4) is 0 Å². The lowest BCUT2D eigenvalue weighted by atomic mass is 10.1. The van der Waals surface area contributed by atoms with Crippen molar-refractivity contribution in [3.63, 3.8) is 0 Å². The number of benzene rings is 2. The maximum Gasteiger partial charge on any atom is 0.0592 e. The summed E-state index contributed by atoms with van der Waals surface area (Å²) in [7, 11) is 0. The van der Waals surface area contributed by atoms with Gasteiger partial charge in [0.25, 0.3) is 0 Å². The van der Waals surface area contributed by atoms with E-state index in [1.165, 1.54) is 0 Å². The fraction of sp³-hybridized carbons (Fsp3) is 0.100. The topological polar surface area (TPSA) is 56.3 Å². The Hall–Kier alpha value is -3.14. The molecule has 0 radical (unpaired) electrons. The summed E-state index contributed by atoms with van der Waals surface area (Å²) in [6.07, 6.45) is 3.63. The minimum atomic E-state index is 1.08. The maximum absolute atomic E-state index is 4.26. The average Bonchev–Trinajstić information content (AvgIpc) is 3.08. The number of fused-ring (bicyclic) bond motifs is 2. The molecule has 0 bridgehead atoms. The first-order valence-corrected chi connectivity index (χ1v) is 7.95. The first-order valence-electron chi connectivity index (χ1n) is 7.95. The molecule has 0 fully saturated rings. The van der Waals surface area contributed by atoms with Crippen molar-refractivity contribution in [2.75, 3.05) is 0 Å². The SMILES string of the molecule is Cc1[nH]c2ccccc2c1/C=N/N=C/c1c(C)[nH]c2ccccc12. The molecule has 0 spiro atoms. The van der Waals surface area contributed by atoms with Crippen LogP contribution in [0.15, 0.2) is 58.7 Å². The third-order valence-electron chi connectivity index (χ3n) is 4.33. The van der Waals surface area contributed by atoms with Gasteiger partial charge in [-0.1, -0.05) is 36.4 Å². The van der Waals surface area contributed by atoms with Gasteiger partial charge in [0, 0.05) is 44.3 Å². The Morgan fingerprint density at radius 3 is 1.54 bits per heavy atom. The molecule has 4 rings (SSSR count). The highest BCUT2D eigenvalue weighted by Gasteiger charge is 2.06. The molecule has 2 heterocycles. The van der Waals surface area contributed by atoms with Crippen LogP contribution in [0.25, 0.3) is 21.8 Å². The van der Waals surface area contributed by atoms with Gasteiger partial charge >= 0.3 is 0 Å². The van der Waals surface area contributed by atoms with E-state index in [9.17, 15) is 0 Å². The number of rotatable bonds is 3. The summed E-state index contributed by atoms with van der Waals surface area (Å²) in [5.41, 5.74) is 6.59. The van der Waals surface area contributed by atoms with Crippen LogP contribution in [0.5, 0.6) is 0 Å². The number of H-pyrrole nitrogens is 2. The summed E-state index contributed by atoms with van der Waals surface area (Å²) >= 11 is 0. The second-order valence-corrected chi connectivity index (χ2v) is 5.91. The molecule has 2 N–H and O–H groups in total. The van der Waals surface area contributed by atoms with Gasteiger partial charge in [-0.2, -0.15) is 10.2 Å². The normalized spacial score (nSPS) is 12.2. The Morgan fingerprint density at radius 1 is 0.667 bits per heavy atom. The molecule has 0 aliphatic heterocycles. The van der Waals surface area contributed by atoms with Gasteiger partial charge in [-0.05, 0) is 26.0 Å². The molecule has 118 valence electrons. The fourth-order valence-corrected chi connectivity index (χ4v) is 3.11. The van der Waals surface area contributed by atoms with Crippen molar-refractivity contribution in [2.24, 2.45) is 10.2 Å². The number of nitrogens with one attached hydrogen (secondary N) is 2. The fourth-order valence-electron chi connectivity index (χ4n) is 3.11. The van der Waals surface area contributed by atoms with E-state index in [-0.39, 0.29) is 0 Å². The lowest BCUT2D eigenvalue weighted by Gasteiger charge is -1.92. The number of hydrogen-bond donors (Lipinski definition) is 2. The number of aryl methyl sites for hydroxylation is 2. The van der Waals surface area contributed by atoms with Crippen LogP contribution in [-0.2, 0) is 0 Å². The predicted molar refractivity (Wildman–Crippen MR) is 101 cm³/mol. The molecule has 0 atom stereocenters. The first kappa shape index (κ1) is 14.5. The van der Waals surface area contributed by atoms with Crippen LogP contribution in [0, 0.1) is 13.8 Å². The number of hydrogen-bond acceptors (Lipinski definition) is 2. The second-order valence-electron chi connectivity index (χ2n) is 5.91. The summed E-state index contributed by atoms with van der Waals surface area (Å²) in [5, 5.41) is 10.8. The van der Waals surface area contributed by atoms with Crippen LogP contribution >= 0.6 is 0 Å². The summed E-state index contributed by atoms with van der Waals surface area (Å²) in [4.78, 5) is 6.73. The van der Waals surface area contributed by atoms with Gasteiger partial charge in [0.15, 0.2) is 0 Å². The molecule has 0 aliphatic rings. The van der Waals surface area contributed by atoms with Crippen molar-refractivity contribution in [1.29, 1.82) is 0 Å². The number of nitrogens with zero attached hydrogens (tertiary/aromatic N) is 2. The third kappa shape index (κ3) is 2.42. The molecule has 0 aliphatic carbocycles. The highest BCUT2D eigenvalue weighted by molar-refractivity contribution is 6.02. The van der Waals surface area contributed by atoms with Gasteiger partial charge in [0.1, 0.15) is 0 Å². The molecule has 2 aromatic heterocycles. The van der Waals surface area contributed by atoms with Crippen LogP contribution in [-0.4, -0.2) is 22.4 Å². The van der Waals surface area contributed by atoms with Gasteiger partial charge in [-0.25, -0.2) is 0 Å². The zero-order valence-electron chi connectivity index (χ0n) is 13.7. The van der Waals surface area contributed by atoms with E-state index in [2.05, 4.69) is 58.3 Å². The van der Waals surface area contributed by atoms with Gasteiger partial charge < -0.3 is 9.97 Å². The van der Waals surface area contributed by atoms with Crippen LogP contribution in [0.4, 0.5) is 0 Å². The van der Waals surface area contributed by atoms with Crippen molar-refractivity contribution in [3.05, 3.63) is 71.0 Å². The van der Waals surface area contributed by atoms with Crippen LogP contribution < -0.4 is 0 Å². The predicted octanol–water partition coefficient (Wildman–Crippen LogP) is 4.72. The molecule has 24 heavy (non-hydrogen) atoms. The Bertz CT molecular complexity index is 992. The Kier molecular flexibility index (Phi) is 3.50. The monoisotopic (exact) mass is 314 g/mol. The molecule has 4 heteroatoms. The van der Waals surface area contributed by atoms with Crippen molar-refractivity contribution >= 4 is 34.2 Å². The standard InChI is InChI=1S/C20H18N4/c1-13-17(15-7-3-5-9-19(15)23-13)11-21-22-12-18-14(2)24-20-10-6-4-8-16(18)20/h3-12,23-24H,1-2H3/b21-11+,22-12+. The molecule has 0 saturated heterocycles. The van der Waals surface area contributed by atoms with Crippen LogP contribution in [0.2, 0.25) is 0 Å². The van der Waals surface area contributed by atoms with Crippen molar-refractivity contribution < 1.29 is 0 Å². The lowest BCUT2D eigenvalue weighted by molar-refractivity contribution is 1.24. The van der Waals surface area contributed by atoms with E-state index in [1.54, 1.807) is 0 Å². The zero-order valence-corrected chi connectivity index (χ0v) is 13.7.